The number of amides is 1. The van der Waals surface area contributed by atoms with Crippen LogP contribution in [0, 0.1) is 0 Å². The van der Waals surface area contributed by atoms with E-state index in [-0.39, 0.29) is 0 Å². The summed E-state index contributed by atoms with van der Waals surface area (Å²) in [5.74, 6) is -2.07. The van der Waals surface area contributed by atoms with Crippen molar-refractivity contribution < 1.29 is 14.7 Å². The van der Waals surface area contributed by atoms with E-state index in [0.29, 0.717) is 5.69 Å². The van der Waals surface area contributed by atoms with Crippen molar-refractivity contribution in [2.45, 2.75) is 19.4 Å². The summed E-state index contributed by atoms with van der Waals surface area (Å²) < 4.78 is 0. The van der Waals surface area contributed by atoms with Gasteiger partial charge < -0.3 is 16.2 Å². The Bertz CT molecular complexity index is 387. The van der Waals surface area contributed by atoms with Gasteiger partial charge in [0.1, 0.15) is 0 Å². The largest absolute Gasteiger partial charge is 0.480 e. The standard InChI is InChI=1S/C11H14N2O3/c1-2-7-3-5-8(6-4-7)13-10(14)9(12)11(15)16/h3-6,9H,2,12H2,1H3,(H,13,14)(H,15,16). The molecule has 86 valence electrons. The van der Waals surface area contributed by atoms with Crippen molar-refractivity contribution in [1.29, 1.82) is 0 Å². The third kappa shape index (κ3) is 3.06. The molecule has 16 heavy (non-hydrogen) atoms. The fourth-order valence-corrected chi connectivity index (χ4v) is 1.16. The number of carbonyl (C=O) groups is 2. The molecule has 0 radical (unpaired) electrons. The zero-order chi connectivity index (χ0) is 12.1. The van der Waals surface area contributed by atoms with Gasteiger partial charge in [-0.05, 0) is 24.1 Å². The summed E-state index contributed by atoms with van der Waals surface area (Å²) in [4.78, 5) is 21.7. The monoisotopic (exact) mass is 222 g/mol. The van der Waals surface area contributed by atoms with Crippen molar-refractivity contribution in [2.75, 3.05) is 5.32 Å². The fraction of sp³-hybridized carbons (Fsp3) is 0.273. The van der Waals surface area contributed by atoms with E-state index in [1.165, 1.54) is 0 Å². The van der Waals surface area contributed by atoms with Crippen LogP contribution in [0.1, 0.15) is 12.5 Å². The highest BCUT2D eigenvalue weighted by atomic mass is 16.4. The number of carbonyl (C=O) groups excluding carboxylic acids is 1. The number of nitrogens with one attached hydrogen (secondary N) is 1. The predicted octanol–water partition coefficient (Wildman–Crippen LogP) is 0.599. The van der Waals surface area contributed by atoms with Gasteiger partial charge in [0.2, 0.25) is 0 Å². The molecule has 0 fully saturated rings. The Kier molecular flexibility index (Phi) is 4.02. The topological polar surface area (TPSA) is 92.4 Å². The molecule has 0 aliphatic carbocycles. The van der Waals surface area contributed by atoms with E-state index < -0.39 is 17.9 Å². The third-order valence-electron chi connectivity index (χ3n) is 2.18. The second kappa shape index (κ2) is 5.27. The number of carboxylic acids is 1. The highest BCUT2D eigenvalue weighted by Gasteiger charge is 2.20. The first-order valence-electron chi connectivity index (χ1n) is 4.92. The van der Waals surface area contributed by atoms with Gasteiger partial charge in [-0.1, -0.05) is 19.1 Å². The Labute approximate surface area is 93.3 Å². The van der Waals surface area contributed by atoms with Crippen LogP contribution in [0.5, 0.6) is 0 Å². The zero-order valence-corrected chi connectivity index (χ0v) is 8.93. The van der Waals surface area contributed by atoms with Crippen LogP contribution < -0.4 is 11.1 Å². The number of aryl methyl sites for hydroxylation is 1. The van der Waals surface area contributed by atoms with E-state index in [9.17, 15) is 9.59 Å². The molecule has 1 aromatic carbocycles. The number of nitrogens with two attached hydrogens (primary N) is 1. The molecular formula is C11H14N2O3. The summed E-state index contributed by atoms with van der Waals surface area (Å²) in [6.07, 6.45) is 0.906. The molecule has 1 atom stereocenters. The first-order chi connectivity index (χ1) is 7.54. The predicted molar refractivity (Wildman–Crippen MR) is 60.1 cm³/mol. The van der Waals surface area contributed by atoms with Crippen LogP contribution in [-0.2, 0) is 16.0 Å². The van der Waals surface area contributed by atoms with Gasteiger partial charge in [0.05, 0.1) is 0 Å². The molecule has 0 aliphatic heterocycles. The Balaban J connectivity index is 2.66. The van der Waals surface area contributed by atoms with Gasteiger partial charge in [0.25, 0.3) is 5.91 Å². The SMILES string of the molecule is CCc1ccc(NC(=O)C(N)C(=O)O)cc1. The van der Waals surface area contributed by atoms with Gasteiger partial charge in [-0.25, -0.2) is 4.79 Å². The summed E-state index contributed by atoms with van der Waals surface area (Å²) in [5.41, 5.74) is 6.83. The molecule has 0 spiro atoms. The van der Waals surface area contributed by atoms with E-state index in [2.05, 4.69) is 5.32 Å². The molecule has 5 heteroatoms. The summed E-state index contributed by atoms with van der Waals surface area (Å²) >= 11 is 0. The van der Waals surface area contributed by atoms with Gasteiger partial charge in [-0.15, -0.1) is 0 Å². The van der Waals surface area contributed by atoms with E-state index in [4.69, 9.17) is 10.8 Å². The maximum absolute atomic E-state index is 11.3. The average Bonchev–Trinajstić information content (AvgIpc) is 2.28. The second-order valence-electron chi connectivity index (χ2n) is 3.36. The number of anilines is 1. The highest BCUT2D eigenvalue weighted by molar-refractivity contribution is 6.07. The lowest BCUT2D eigenvalue weighted by Crippen LogP contribution is -2.42. The second-order valence-corrected chi connectivity index (χ2v) is 3.36. The Morgan fingerprint density at radius 2 is 1.94 bits per heavy atom. The lowest BCUT2D eigenvalue weighted by Gasteiger charge is -2.08. The van der Waals surface area contributed by atoms with Crippen LogP contribution in [0.4, 0.5) is 5.69 Å². The maximum atomic E-state index is 11.3. The summed E-state index contributed by atoms with van der Waals surface area (Å²) in [5, 5.41) is 11.0. The molecule has 0 aromatic heterocycles. The van der Waals surface area contributed by atoms with E-state index >= 15 is 0 Å². The van der Waals surface area contributed by atoms with Crippen LogP contribution in [0.2, 0.25) is 0 Å². The quantitative estimate of drug-likeness (QED) is 0.650. The Morgan fingerprint density at radius 3 is 2.38 bits per heavy atom. The number of hydrogen-bond donors (Lipinski definition) is 3. The van der Waals surface area contributed by atoms with Gasteiger partial charge in [-0.3, -0.25) is 4.79 Å². The van der Waals surface area contributed by atoms with Crippen molar-refractivity contribution in [3.8, 4) is 0 Å². The molecular weight excluding hydrogens is 208 g/mol. The number of aliphatic carboxylic acids is 1. The minimum atomic E-state index is -1.54. The lowest BCUT2D eigenvalue weighted by atomic mass is 10.1. The summed E-state index contributed by atoms with van der Waals surface area (Å²) in [6.45, 7) is 2.02. The molecule has 5 nitrogen and oxygen atoms in total. The minimum absolute atomic E-state index is 0.541. The number of benzene rings is 1. The van der Waals surface area contributed by atoms with Crippen LogP contribution in [0.25, 0.3) is 0 Å². The average molecular weight is 222 g/mol. The Morgan fingerprint density at radius 1 is 1.38 bits per heavy atom. The molecule has 1 aromatic rings. The van der Waals surface area contributed by atoms with Crippen LogP contribution in [-0.4, -0.2) is 23.0 Å². The van der Waals surface area contributed by atoms with Crippen molar-refractivity contribution in [3.05, 3.63) is 29.8 Å². The van der Waals surface area contributed by atoms with Gasteiger partial charge >= 0.3 is 5.97 Å². The number of hydrogen-bond acceptors (Lipinski definition) is 3. The van der Waals surface area contributed by atoms with Crippen LogP contribution in [0.3, 0.4) is 0 Å². The van der Waals surface area contributed by atoms with Crippen LogP contribution >= 0.6 is 0 Å². The van der Waals surface area contributed by atoms with Crippen molar-refractivity contribution in [3.63, 3.8) is 0 Å². The lowest BCUT2D eigenvalue weighted by molar-refractivity contribution is -0.141. The number of rotatable bonds is 4. The molecule has 1 rings (SSSR count). The van der Waals surface area contributed by atoms with Crippen molar-refractivity contribution in [2.24, 2.45) is 5.73 Å². The normalized spacial score (nSPS) is 11.9. The molecule has 0 bridgehead atoms. The minimum Gasteiger partial charge on any atom is -0.480 e. The molecule has 0 saturated carbocycles. The molecule has 0 saturated heterocycles. The van der Waals surface area contributed by atoms with Crippen LogP contribution in [0.15, 0.2) is 24.3 Å². The van der Waals surface area contributed by atoms with Crippen molar-refractivity contribution >= 4 is 17.6 Å². The summed E-state index contributed by atoms with van der Waals surface area (Å²) in [7, 11) is 0. The molecule has 0 heterocycles. The molecule has 1 amide bonds. The zero-order valence-electron chi connectivity index (χ0n) is 8.93. The summed E-state index contributed by atoms with van der Waals surface area (Å²) in [6, 6.07) is 5.62. The smallest absolute Gasteiger partial charge is 0.330 e. The third-order valence-corrected chi connectivity index (χ3v) is 2.18. The van der Waals surface area contributed by atoms with Gasteiger partial charge in [-0.2, -0.15) is 0 Å². The number of carboxylic acid groups (broad SMARTS) is 1. The molecule has 4 N–H and O–H groups in total. The highest BCUT2D eigenvalue weighted by Crippen LogP contribution is 2.09. The van der Waals surface area contributed by atoms with E-state index in [1.807, 2.05) is 19.1 Å². The maximum Gasteiger partial charge on any atom is 0.330 e. The Hall–Kier alpha value is -1.88. The van der Waals surface area contributed by atoms with Crippen molar-refractivity contribution in [1.82, 2.24) is 0 Å². The fourth-order valence-electron chi connectivity index (χ4n) is 1.16. The molecule has 1 unspecified atom stereocenters. The molecule has 0 aliphatic rings. The first kappa shape index (κ1) is 12.2. The van der Waals surface area contributed by atoms with Gasteiger partial charge in [0, 0.05) is 5.69 Å². The van der Waals surface area contributed by atoms with E-state index in [1.54, 1.807) is 12.1 Å². The first-order valence-corrected chi connectivity index (χ1v) is 4.92. The van der Waals surface area contributed by atoms with E-state index in [0.717, 1.165) is 12.0 Å². The van der Waals surface area contributed by atoms with Gasteiger partial charge in [0.15, 0.2) is 6.04 Å².